The molecule has 0 bridgehead atoms. The first-order valence-corrected chi connectivity index (χ1v) is 10.8. The van der Waals surface area contributed by atoms with Gasteiger partial charge in [-0.05, 0) is 42.7 Å². The molecule has 0 aliphatic carbocycles. The molecule has 2 N–H and O–H groups in total. The second-order valence-electron chi connectivity index (χ2n) is 7.66. The van der Waals surface area contributed by atoms with Gasteiger partial charge in [-0.25, -0.2) is 4.39 Å². The second kappa shape index (κ2) is 11.7. The number of aryl methyl sites for hydroxylation is 1. The zero-order chi connectivity index (χ0) is 22.1. The van der Waals surface area contributed by atoms with Crippen LogP contribution in [0.25, 0.3) is 0 Å². The lowest BCUT2D eigenvalue weighted by atomic mass is 10.0. The first-order chi connectivity index (χ1) is 15.1. The maximum Gasteiger partial charge on any atom is 0.191 e. The average molecular weight is 429 g/mol. The SMILES string of the molecule is CN=C(NCCc1cc(C)ccc1OC)NCC(c1ccc(F)cc1)N1CCOCC1. The summed E-state index contributed by atoms with van der Waals surface area (Å²) in [5.41, 5.74) is 3.46. The Labute approximate surface area is 184 Å². The van der Waals surface area contributed by atoms with E-state index in [4.69, 9.17) is 9.47 Å². The number of nitrogens with zero attached hydrogens (tertiary/aromatic N) is 2. The van der Waals surface area contributed by atoms with Gasteiger partial charge in [-0.1, -0.05) is 29.8 Å². The van der Waals surface area contributed by atoms with Crippen molar-refractivity contribution < 1.29 is 13.9 Å². The number of hydrogen-bond acceptors (Lipinski definition) is 4. The van der Waals surface area contributed by atoms with Gasteiger partial charge in [0.05, 0.1) is 26.4 Å². The highest BCUT2D eigenvalue weighted by molar-refractivity contribution is 5.79. The number of hydrogen-bond donors (Lipinski definition) is 2. The molecule has 3 rings (SSSR count). The number of methoxy groups -OCH3 is 1. The van der Waals surface area contributed by atoms with Crippen molar-refractivity contribution in [3.63, 3.8) is 0 Å². The number of nitrogens with one attached hydrogen (secondary N) is 2. The molecule has 1 saturated heterocycles. The van der Waals surface area contributed by atoms with Gasteiger partial charge in [0.15, 0.2) is 5.96 Å². The summed E-state index contributed by atoms with van der Waals surface area (Å²) >= 11 is 0. The highest BCUT2D eigenvalue weighted by atomic mass is 19.1. The molecular formula is C24H33FN4O2. The second-order valence-corrected chi connectivity index (χ2v) is 7.66. The fourth-order valence-corrected chi connectivity index (χ4v) is 3.86. The lowest BCUT2D eigenvalue weighted by Crippen LogP contribution is -2.46. The minimum absolute atomic E-state index is 0.111. The largest absolute Gasteiger partial charge is 0.496 e. The van der Waals surface area contributed by atoms with Crippen LogP contribution in [-0.4, -0.2) is 64.4 Å². The van der Waals surface area contributed by atoms with Crippen molar-refractivity contribution in [2.75, 3.05) is 53.6 Å². The summed E-state index contributed by atoms with van der Waals surface area (Å²) in [6, 6.07) is 13.1. The Morgan fingerprint density at radius 1 is 1.16 bits per heavy atom. The number of benzene rings is 2. The van der Waals surface area contributed by atoms with E-state index in [1.54, 1.807) is 14.2 Å². The van der Waals surface area contributed by atoms with Gasteiger partial charge in [0.2, 0.25) is 0 Å². The molecule has 1 aliphatic heterocycles. The summed E-state index contributed by atoms with van der Waals surface area (Å²) in [5, 5.41) is 6.83. The van der Waals surface area contributed by atoms with Crippen LogP contribution >= 0.6 is 0 Å². The van der Waals surface area contributed by atoms with E-state index in [-0.39, 0.29) is 11.9 Å². The zero-order valence-electron chi connectivity index (χ0n) is 18.7. The highest BCUT2D eigenvalue weighted by Crippen LogP contribution is 2.22. The Morgan fingerprint density at radius 2 is 1.90 bits per heavy atom. The van der Waals surface area contributed by atoms with E-state index in [1.165, 1.54) is 23.3 Å². The van der Waals surface area contributed by atoms with Crippen molar-refractivity contribution in [3.8, 4) is 5.75 Å². The van der Waals surface area contributed by atoms with Crippen LogP contribution in [0.4, 0.5) is 4.39 Å². The average Bonchev–Trinajstić information content (AvgIpc) is 2.80. The topological polar surface area (TPSA) is 58.1 Å². The fourth-order valence-electron chi connectivity index (χ4n) is 3.86. The molecule has 0 amide bonds. The quantitative estimate of drug-likeness (QED) is 0.500. The molecule has 1 atom stereocenters. The summed E-state index contributed by atoms with van der Waals surface area (Å²) in [5.74, 6) is 1.42. The third-order valence-corrected chi connectivity index (χ3v) is 5.55. The predicted octanol–water partition coefficient (Wildman–Crippen LogP) is 2.92. The molecule has 1 aliphatic rings. The summed E-state index contributed by atoms with van der Waals surface area (Å²) in [4.78, 5) is 6.73. The van der Waals surface area contributed by atoms with Gasteiger partial charge in [-0.2, -0.15) is 0 Å². The molecule has 6 nitrogen and oxygen atoms in total. The van der Waals surface area contributed by atoms with Gasteiger partial charge >= 0.3 is 0 Å². The predicted molar refractivity (Wildman–Crippen MR) is 122 cm³/mol. The number of halogens is 1. The van der Waals surface area contributed by atoms with E-state index in [1.807, 2.05) is 18.2 Å². The van der Waals surface area contributed by atoms with Crippen LogP contribution in [-0.2, 0) is 11.2 Å². The van der Waals surface area contributed by atoms with Crippen LogP contribution in [0.2, 0.25) is 0 Å². The van der Waals surface area contributed by atoms with Crippen LogP contribution in [0.3, 0.4) is 0 Å². The smallest absolute Gasteiger partial charge is 0.191 e. The van der Waals surface area contributed by atoms with Crippen LogP contribution < -0.4 is 15.4 Å². The Balaban J connectivity index is 1.59. The van der Waals surface area contributed by atoms with Gasteiger partial charge in [-0.3, -0.25) is 9.89 Å². The third-order valence-electron chi connectivity index (χ3n) is 5.55. The van der Waals surface area contributed by atoms with Crippen LogP contribution in [0.5, 0.6) is 5.75 Å². The molecule has 0 spiro atoms. The first-order valence-electron chi connectivity index (χ1n) is 10.8. The Morgan fingerprint density at radius 3 is 2.58 bits per heavy atom. The van der Waals surface area contributed by atoms with E-state index >= 15 is 0 Å². The molecule has 0 saturated carbocycles. The molecule has 1 fully saturated rings. The summed E-state index contributed by atoms with van der Waals surface area (Å²) < 4.78 is 24.4. The molecule has 1 unspecified atom stereocenters. The van der Waals surface area contributed by atoms with Gasteiger partial charge in [0.25, 0.3) is 0 Å². The standard InChI is InChI=1S/C24H33FN4O2/c1-18-4-9-23(30-3)20(16-18)10-11-27-24(26-2)28-17-22(29-12-14-31-15-13-29)19-5-7-21(25)8-6-19/h4-9,16,22H,10-15,17H2,1-3H3,(H2,26,27,28). The maximum absolute atomic E-state index is 13.4. The summed E-state index contributed by atoms with van der Waals surface area (Å²) in [6.07, 6.45) is 0.830. The molecule has 2 aromatic rings. The van der Waals surface area contributed by atoms with E-state index < -0.39 is 0 Å². The van der Waals surface area contributed by atoms with Crippen LogP contribution in [0.1, 0.15) is 22.7 Å². The Hall–Kier alpha value is -2.64. The van der Waals surface area contributed by atoms with Crippen LogP contribution in [0.15, 0.2) is 47.5 Å². The molecule has 0 aromatic heterocycles. The minimum atomic E-state index is -0.221. The number of aliphatic imine (C=N–C) groups is 1. The van der Waals surface area contributed by atoms with E-state index in [2.05, 4.69) is 39.6 Å². The van der Waals surface area contributed by atoms with Gasteiger partial charge in [0, 0.05) is 33.2 Å². The van der Waals surface area contributed by atoms with Crippen molar-refractivity contribution in [1.82, 2.24) is 15.5 Å². The van der Waals surface area contributed by atoms with Crippen molar-refractivity contribution in [2.24, 2.45) is 4.99 Å². The van der Waals surface area contributed by atoms with E-state index in [0.717, 1.165) is 43.3 Å². The van der Waals surface area contributed by atoms with Crippen molar-refractivity contribution in [2.45, 2.75) is 19.4 Å². The van der Waals surface area contributed by atoms with Crippen LogP contribution in [0, 0.1) is 12.7 Å². The van der Waals surface area contributed by atoms with Crippen molar-refractivity contribution in [1.29, 1.82) is 0 Å². The number of ether oxygens (including phenoxy) is 2. The maximum atomic E-state index is 13.4. The lowest BCUT2D eigenvalue weighted by molar-refractivity contribution is 0.0170. The monoisotopic (exact) mass is 428 g/mol. The Kier molecular flexibility index (Phi) is 8.67. The number of guanidine groups is 1. The van der Waals surface area contributed by atoms with Crippen molar-refractivity contribution in [3.05, 3.63) is 65.0 Å². The molecule has 2 aromatic carbocycles. The zero-order valence-corrected chi connectivity index (χ0v) is 18.7. The number of rotatable bonds is 8. The summed E-state index contributed by atoms with van der Waals surface area (Å²) in [7, 11) is 3.47. The minimum Gasteiger partial charge on any atom is -0.496 e. The fraction of sp³-hybridized carbons (Fsp3) is 0.458. The molecular weight excluding hydrogens is 395 g/mol. The van der Waals surface area contributed by atoms with Gasteiger partial charge in [-0.15, -0.1) is 0 Å². The first kappa shape index (κ1) is 23.0. The van der Waals surface area contributed by atoms with E-state index in [9.17, 15) is 4.39 Å². The molecule has 168 valence electrons. The molecule has 31 heavy (non-hydrogen) atoms. The molecule has 7 heteroatoms. The third kappa shape index (κ3) is 6.67. The van der Waals surface area contributed by atoms with Gasteiger partial charge in [0.1, 0.15) is 11.6 Å². The van der Waals surface area contributed by atoms with Crippen molar-refractivity contribution >= 4 is 5.96 Å². The van der Waals surface area contributed by atoms with E-state index in [0.29, 0.717) is 19.8 Å². The normalized spacial score (nSPS) is 16.1. The van der Waals surface area contributed by atoms with Gasteiger partial charge < -0.3 is 20.1 Å². The lowest BCUT2D eigenvalue weighted by Gasteiger charge is -2.35. The molecule has 0 radical (unpaired) electrons. The number of morpholine rings is 1. The highest BCUT2D eigenvalue weighted by Gasteiger charge is 2.23. The summed E-state index contributed by atoms with van der Waals surface area (Å²) in [6.45, 7) is 6.60. The molecule has 1 heterocycles. The Bertz CT molecular complexity index is 851.